The summed E-state index contributed by atoms with van der Waals surface area (Å²) in [5, 5.41) is 2.74. The molecular formula is C21H31F3N2O2. The Bertz CT molecular complexity index is 595. The minimum absolute atomic E-state index is 0.104. The zero-order valence-electron chi connectivity index (χ0n) is 16.7. The van der Waals surface area contributed by atoms with Crippen LogP contribution in [-0.2, 0) is 6.18 Å². The van der Waals surface area contributed by atoms with Gasteiger partial charge in [0.05, 0.1) is 5.56 Å². The number of carbonyl (C=O) groups is 1. The Morgan fingerprint density at radius 1 is 1.07 bits per heavy atom. The Morgan fingerprint density at radius 2 is 1.68 bits per heavy atom. The standard InChI is InChI=1S/C21H31F3N2O2/c1-26(2)14-4-3-5-16-6-8-17(9-7-16)15-25-20(27)28-19-12-10-18(11-13-19)21(22,23)24/h10-13,16-17H,3-9,14-15H2,1-2H3,(H,25,27). The monoisotopic (exact) mass is 400 g/mol. The molecule has 0 unspecified atom stereocenters. The van der Waals surface area contributed by atoms with Crippen LogP contribution in [0.25, 0.3) is 0 Å². The molecule has 1 aliphatic rings. The normalized spacial score (nSPS) is 20.2. The van der Waals surface area contributed by atoms with E-state index in [0.29, 0.717) is 12.5 Å². The van der Waals surface area contributed by atoms with Crippen LogP contribution in [0.15, 0.2) is 24.3 Å². The summed E-state index contributed by atoms with van der Waals surface area (Å²) in [4.78, 5) is 14.1. The first kappa shape index (κ1) is 22.5. The average Bonchev–Trinajstić information content (AvgIpc) is 2.64. The zero-order chi connectivity index (χ0) is 20.6. The Balaban J connectivity index is 1.62. The summed E-state index contributed by atoms with van der Waals surface area (Å²) in [6.07, 6.45) is 3.36. The largest absolute Gasteiger partial charge is 0.416 e. The first-order chi connectivity index (χ1) is 13.2. The number of amides is 1. The van der Waals surface area contributed by atoms with Crippen molar-refractivity contribution in [1.82, 2.24) is 10.2 Å². The number of alkyl halides is 3. The predicted molar refractivity (Wildman–Crippen MR) is 103 cm³/mol. The molecule has 0 radical (unpaired) electrons. The molecule has 0 atom stereocenters. The van der Waals surface area contributed by atoms with E-state index in [4.69, 9.17) is 4.74 Å². The second kappa shape index (κ2) is 10.7. The highest BCUT2D eigenvalue weighted by atomic mass is 19.4. The number of hydrogen-bond acceptors (Lipinski definition) is 3. The van der Waals surface area contributed by atoms with Crippen molar-refractivity contribution in [3.8, 4) is 5.75 Å². The lowest BCUT2D eigenvalue weighted by atomic mass is 9.80. The summed E-state index contributed by atoms with van der Waals surface area (Å²) < 4.78 is 42.7. The molecule has 7 heteroatoms. The smallest absolute Gasteiger partial charge is 0.410 e. The van der Waals surface area contributed by atoms with Crippen LogP contribution in [0.2, 0.25) is 0 Å². The zero-order valence-corrected chi connectivity index (χ0v) is 16.7. The molecule has 2 rings (SSSR count). The number of hydrogen-bond donors (Lipinski definition) is 1. The Kier molecular flexibility index (Phi) is 8.60. The van der Waals surface area contributed by atoms with Gasteiger partial charge in [-0.3, -0.25) is 0 Å². The SMILES string of the molecule is CN(C)CCCCC1CCC(CNC(=O)Oc2ccc(C(F)(F)F)cc2)CC1. The van der Waals surface area contributed by atoms with Gasteiger partial charge in [0.1, 0.15) is 5.75 Å². The number of rotatable bonds is 8. The maximum atomic E-state index is 12.5. The van der Waals surface area contributed by atoms with Crippen molar-refractivity contribution in [2.24, 2.45) is 11.8 Å². The van der Waals surface area contributed by atoms with Gasteiger partial charge in [-0.1, -0.05) is 25.7 Å². The van der Waals surface area contributed by atoms with Crippen molar-refractivity contribution in [2.75, 3.05) is 27.2 Å². The fraction of sp³-hybridized carbons (Fsp3) is 0.667. The highest BCUT2D eigenvalue weighted by Crippen LogP contribution is 2.32. The van der Waals surface area contributed by atoms with Crippen molar-refractivity contribution >= 4 is 6.09 Å². The van der Waals surface area contributed by atoms with Gasteiger partial charge in [-0.25, -0.2) is 4.79 Å². The molecule has 1 aliphatic carbocycles. The van der Waals surface area contributed by atoms with Gasteiger partial charge in [0.2, 0.25) is 0 Å². The van der Waals surface area contributed by atoms with E-state index in [1.54, 1.807) is 0 Å². The number of benzene rings is 1. The van der Waals surface area contributed by atoms with Gasteiger partial charge in [-0.05, 0) is 76.0 Å². The molecule has 0 bridgehead atoms. The average molecular weight is 400 g/mol. The van der Waals surface area contributed by atoms with E-state index in [-0.39, 0.29) is 5.75 Å². The van der Waals surface area contributed by atoms with E-state index in [2.05, 4.69) is 24.3 Å². The van der Waals surface area contributed by atoms with E-state index in [0.717, 1.165) is 49.6 Å². The van der Waals surface area contributed by atoms with E-state index < -0.39 is 17.8 Å². The fourth-order valence-corrected chi connectivity index (χ4v) is 3.67. The Hall–Kier alpha value is -1.76. The third kappa shape index (κ3) is 8.09. The molecule has 28 heavy (non-hydrogen) atoms. The van der Waals surface area contributed by atoms with Crippen LogP contribution in [0.1, 0.15) is 50.5 Å². The molecule has 0 aliphatic heterocycles. The molecule has 1 fully saturated rings. The van der Waals surface area contributed by atoms with E-state index in [1.165, 1.54) is 32.1 Å². The molecule has 1 aromatic rings. The summed E-state index contributed by atoms with van der Waals surface area (Å²) in [7, 11) is 4.20. The van der Waals surface area contributed by atoms with Gasteiger partial charge in [-0.2, -0.15) is 13.2 Å². The van der Waals surface area contributed by atoms with Crippen molar-refractivity contribution < 1.29 is 22.7 Å². The highest BCUT2D eigenvalue weighted by Gasteiger charge is 2.30. The predicted octanol–water partition coefficient (Wildman–Crippen LogP) is 5.33. The van der Waals surface area contributed by atoms with Gasteiger partial charge in [0.15, 0.2) is 0 Å². The maximum Gasteiger partial charge on any atom is 0.416 e. The topological polar surface area (TPSA) is 41.6 Å². The first-order valence-corrected chi connectivity index (χ1v) is 10.0. The minimum atomic E-state index is -4.40. The van der Waals surface area contributed by atoms with Crippen molar-refractivity contribution in [3.05, 3.63) is 29.8 Å². The van der Waals surface area contributed by atoms with Gasteiger partial charge in [0, 0.05) is 6.54 Å². The molecule has 0 heterocycles. The van der Waals surface area contributed by atoms with Crippen LogP contribution >= 0.6 is 0 Å². The maximum absolute atomic E-state index is 12.5. The summed E-state index contributed by atoms with van der Waals surface area (Å²) in [6, 6.07) is 4.12. The summed E-state index contributed by atoms with van der Waals surface area (Å²) in [5.41, 5.74) is -0.765. The number of carbonyl (C=O) groups excluding carboxylic acids is 1. The van der Waals surface area contributed by atoms with Gasteiger partial charge in [-0.15, -0.1) is 0 Å². The number of nitrogens with zero attached hydrogens (tertiary/aromatic N) is 1. The Morgan fingerprint density at radius 3 is 2.25 bits per heavy atom. The summed E-state index contributed by atoms with van der Waals surface area (Å²) in [5.74, 6) is 1.34. The summed E-state index contributed by atoms with van der Waals surface area (Å²) in [6.45, 7) is 1.69. The molecule has 1 saturated carbocycles. The van der Waals surface area contributed by atoms with Gasteiger partial charge >= 0.3 is 12.3 Å². The molecule has 1 aromatic carbocycles. The van der Waals surface area contributed by atoms with Crippen LogP contribution in [0, 0.1) is 11.8 Å². The lowest BCUT2D eigenvalue weighted by molar-refractivity contribution is -0.137. The molecule has 0 spiro atoms. The van der Waals surface area contributed by atoms with Crippen LogP contribution < -0.4 is 10.1 Å². The third-order valence-electron chi connectivity index (χ3n) is 5.36. The number of nitrogens with one attached hydrogen (secondary N) is 1. The van der Waals surface area contributed by atoms with Crippen LogP contribution in [0.4, 0.5) is 18.0 Å². The molecule has 1 N–H and O–H groups in total. The van der Waals surface area contributed by atoms with E-state index in [1.807, 2.05) is 0 Å². The van der Waals surface area contributed by atoms with Gasteiger partial charge < -0.3 is 15.0 Å². The summed E-state index contributed by atoms with van der Waals surface area (Å²) >= 11 is 0. The number of ether oxygens (including phenoxy) is 1. The lowest BCUT2D eigenvalue weighted by Gasteiger charge is -2.28. The second-order valence-corrected chi connectivity index (χ2v) is 7.98. The minimum Gasteiger partial charge on any atom is -0.410 e. The molecule has 0 aromatic heterocycles. The molecular weight excluding hydrogens is 369 g/mol. The molecule has 158 valence electrons. The third-order valence-corrected chi connectivity index (χ3v) is 5.36. The van der Waals surface area contributed by atoms with Crippen molar-refractivity contribution in [2.45, 2.75) is 51.1 Å². The lowest BCUT2D eigenvalue weighted by Crippen LogP contribution is -2.33. The quantitative estimate of drug-likeness (QED) is 0.600. The van der Waals surface area contributed by atoms with Crippen molar-refractivity contribution in [3.63, 3.8) is 0 Å². The van der Waals surface area contributed by atoms with Crippen LogP contribution in [-0.4, -0.2) is 38.2 Å². The highest BCUT2D eigenvalue weighted by molar-refractivity contribution is 5.70. The fourth-order valence-electron chi connectivity index (χ4n) is 3.67. The van der Waals surface area contributed by atoms with Crippen molar-refractivity contribution in [1.29, 1.82) is 0 Å². The van der Waals surface area contributed by atoms with E-state index >= 15 is 0 Å². The molecule has 0 saturated heterocycles. The van der Waals surface area contributed by atoms with Crippen LogP contribution in [0.3, 0.4) is 0 Å². The van der Waals surface area contributed by atoms with Gasteiger partial charge in [0.25, 0.3) is 0 Å². The van der Waals surface area contributed by atoms with E-state index in [9.17, 15) is 18.0 Å². The molecule has 1 amide bonds. The molecule has 4 nitrogen and oxygen atoms in total. The number of unbranched alkanes of at least 4 members (excludes halogenated alkanes) is 1. The van der Waals surface area contributed by atoms with Crippen LogP contribution in [0.5, 0.6) is 5.75 Å². The number of halogens is 3. The first-order valence-electron chi connectivity index (χ1n) is 10.0. The Labute approximate surface area is 165 Å². The second-order valence-electron chi connectivity index (χ2n) is 7.98.